The Bertz CT molecular complexity index is 512. The van der Waals surface area contributed by atoms with Crippen molar-refractivity contribution in [2.75, 3.05) is 44.2 Å². The molecule has 3 aliphatic rings. The number of aromatic nitrogens is 1. The van der Waals surface area contributed by atoms with E-state index in [-0.39, 0.29) is 0 Å². The standard InChI is InChI=1S/C19H30N4/c1-16-13-18(7-8-20-16)23-14-19(15-23)22-11-9-21(10-12-22)17-5-3-2-4-6-17/h7-8,13,17,19H,2-6,9-12,14-15H2,1H3. The summed E-state index contributed by atoms with van der Waals surface area (Å²) in [5.74, 6) is 0. The van der Waals surface area contributed by atoms with Crippen molar-refractivity contribution in [3.63, 3.8) is 0 Å². The van der Waals surface area contributed by atoms with Crippen LogP contribution in [0.15, 0.2) is 18.3 Å². The van der Waals surface area contributed by atoms with E-state index in [4.69, 9.17) is 0 Å². The lowest BCUT2D eigenvalue weighted by Crippen LogP contribution is -2.64. The Balaban J connectivity index is 1.24. The summed E-state index contributed by atoms with van der Waals surface area (Å²) in [6.07, 6.45) is 9.18. The predicted molar refractivity (Wildman–Crippen MR) is 95.0 cm³/mol. The van der Waals surface area contributed by atoms with E-state index in [2.05, 4.69) is 38.7 Å². The molecule has 3 heterocycles. The molecule has 4 heteroatoms. The van der Waals surface area contributed by atoms with Crippen molar-refractivity contribution >= 4 is 5.69 Å². The van der Waals surface area contributed by atoms with Crippen LogP contribution < -0.4 is 4.90 Å². The van der Waals surface area contributed by atoms with Gasteiger partial charge in [-0.25, -0.2) is 0 Å². The van der Waals surface area contributed by atoms with Crippen LogP contribution in [0.25, 0.3) is 0 Å². The molecule has 2 saturated heterocycles. The van der Waals surface area contributed by atoms with Crippen molar-refractivity contribution in [1.29, 1.82) is 0 Å². The van der Waals surface area contributed by atoms with Crippen LogP contribution in [0, 0.1) is 6.92 Å². The fraction of sp³-hybridized carbons (Fsp3) is 0.737. The Morgan fingerprint density at radius 1 is 0.913 bits per heavy atom. The number of aryl methyl sites for hydroxylation is 1. The maximum absolute atomic E-state index is 4.30. The van der Waals surface area contributed by atoms with E-state index in [0.29, 0.717) is 0 Å². The van der Waals surface area contributed by atoms with Crippen molar-refractivity contribution in [2.45, 2.75) is 51.1 Å². The van der Waals surface area contributed by atoms with Gasteiger partial charge in [0.05, 0.1) is 0 Å². The third-order valence-electron chi connectivity index (χ3n) is 6.06. The molecule has 4 rings (SSSR count). The van der Waals surface area contributed by atoms with E-state index in [9.17, 15) is 0 Å². The highest BCUT2D eigenvalue weighted by molar-refractivity contribution is 5.49. The van der Waals surface area contributed by atoms with Gasteiger partial charge in [0.25, 0.3) is 0 Å². The molecule has 2 aliphatic heterocycles. The van der Waals surface area contributed by atoms with E-state index in [1.54, 1.807) is 0 Å². The molecule has 1 saturated carbocycles. The van der Waals surface area contributed by atoms with E-state index in [0.717, 1.165) is 17.8 Å². The summed E-state index contributed by atoms with van der Waals surface area (Å²) in [4.78, 5) is 12.3. The third-order valence-corrected chi connectivity index (χ3v) is 6.06. The summed E-state index contributed by atoms with van der Waals surface area (Å²) in [7, 11) is 0. The highest BCUT2D eigenvalue weighted by atomic mass is 15.4. The van der Waals surface area contributed by atoms with E-state index in [1.807, 2.05) is 6.20 Å². The lowest BCUT2D eigenvalue weighted by Gasteiger charge is -2.50. The average Bonchev–Trinajstić information content (AvgIpc) is 2.55. The van der Waals surface area contributed by atoms with Gasteiger partial charge in [0.15, 0.2) is 0 Å². The molecule has 0 N–H and O–H groups in total. The Labute approximate surface area is 140 Å². The molecule has 3 fully saturated rings. The first kappa shape index (κ1) is 15.4. The molecule has 4 nitrogen and oxygen atoms in total. The van der Waals surface area contributed by atoms with Crippen LogP contribution in [0.2, 0.25) is 0 Å². The van der Waals surface area contributed by atoms with Gasteiger partial charge >= 0.3 is 0 Å². The third kappa shape index (κ3) is 3.38. The van der Waals surface area contributed by atoms with E-state index >= 15 is 0 Å². The van der Waals surface area contributed by atoms with Gasteiger partial charge in [0.1, 0.15) is 0 Å². The topological polar surface area (TPSA) is 22.6 Å². The number of hydrogen-bond acceptors (Lipinski definition) is 4. The van der Waals surface area contributed by atoms with Gasteiger partial charge in [0.2, 0.25) is 0 Å². The van der Waals surface area contributed by atoms with Crippen LogP contribution in [0.5, 0.6) is 0 Å². The maximum atomic E-state index is 4.30. The lowest BCUT2D eigenvalue weighted by atomic mass is 9.93. The summed E-state index contributed by atoms with van der Waals surface area (Å²) < 4.78 is 0. The van der Waals surface area contributed by atoms with Crippen molar-refractivity contribution in [3.05, 3.63) is 24.0 Å². The molecule has 126 valence electrons. The first-order chi connectivity index (χ1) is 11.3. The van der Waals surface area contributed by atoms with E-state index < -0.39 is 0 Å². The molecule has 0 bridgehead atoms. The summed E-state index contributed by atoms with van der Waals surface area (Å²) in [6.45, 7) is 9.56. The lowest BCUT2D eigenvalue weighted by molar-refractivity contribution is 0.0488. The molecule has 1 aromatic heterocycles. The van der Waals surface area contributed by atoms with Gasteiger partial charge in [-0.05, 0) is 31.9 Å². The largest absolute Gasteiger partial charge is 0.368 e. The second-order valence-electron chi connectivity index (χ2n) is 7.58. The van der Waals surface area contributed by atoms with E-state index in [1.165, 1.54) is 77.1 Å². The summed E-state index contributed by atoms with van der Waals surface area (Å²) in [5.41, 5.74) is 2.46. The van der Waals surface area contributed by atoms with Gasteiger partial charge in [-0.15, -0.1) is 0 Å². The minimum Gasteiger partial charge on any atom is -0.368 e. The van der Waals surface area contributed by atoms with Gasteiger partial charge in [-0.1, -0.05) is 19.3 Å². The van der Waals surface area contributed by atoms with Gasteiger partial charge in [0, 0.05) is 68.9 Å². The molecule has 23 heavy (non-hydrogen) atoms. The SMILES string of the molecule is Cc1cc(N2CC(N3CCN(C4CCCCC4)CC3)C2)ccn1. The van der Waals surface area contributed by atoms with Crippen molar-refractivity contribution in [2.24, 2.45) is 0 Å². The molecule has 0 aromatic carbocycles. The monoisotopic (exact) mass is 314 g/mol. The summed E-state index contributed by atoms with van der Waals surface area (Å²) >= 11 is 0. The second kappa shape index (κ2) is 6.78. The van der Waals surface area contributed by atoms with Crippen LogP contribution in [0.3, 0.4) is 0 Å². The smallest absolute Gasteiger partial charge is 0.0447 e. The fourth-order valence-electron chi connectivity index (χ4n) is 4.54. The molecular formula is C19H30N4. The van der Waals surface area contributed by atoms with Gasteiger partial charge < -0.3 is 4.90 Å². The Morgan fingerprint density at radius 3 is 2.22 bits per heavy atom. The van der Waals surface area contributed by atoms with Crippen molar-refractivity contribution in [1.82, 2.24) is 14.8 Å². The number of rotatable bonds is 3. The summed E-state index contributed by atoms with van der Waals surface area (Å²) in [5, 5.41) is 0. The molecule has 0 spiro atoms. The molecule has 0 unspecified atom stereocenters. The predicted octanol–water partition coefficient (Wildman–Crippen LogP) is 2.53. The Morgan fingerprint density at radius 2 is 1.57 bits per heavy atom. The minimum absolute atomic E-state index is 0.761. The fourth-order valence-corrected chi connectivity index (χ4v) is 4.54. The van der Waals surface area contributed by atoms with Gasteiger partial charge in [-0.3, -0.25) is 14.8 Å². The van der Waals surface area contributed by atoms with Crippen molar-refractivity contribution < 1.29 is 0 Å². The van der Waals surface area contributed by atoms with Crippen LogP contribution in [0.1, 0.15) is 37.8 Å². The van der Waals surface area contributed by atoms with Crippen LogP contribution in [-0.2, 0) is 0 Å². The minimum atomic E-state index is 0.761. The zero-order valence-corrected chi connectivity index (χ0v) is 14.5. The van der Waals surface area contributed by atoms with Crippen LogP contribution >= 0.6 is 0 Å². The molecular weight excluding hydrogens is 284 g/mol. The molecule has 0 atom stereocenters. The molecule has 0 amide bonds. The first-order valence-corrected chi connectivity index (χ1v) is 9.45. The van der Waals surface area contributed by atoms with Crippen LogP contribution in [0.4, 0.5) is 5.69 Å². The quantitative estimate of drug-likeness (QED) is 0.855. The number of piperazine rings is 1. The highest BCUT2D eigenvalue weighted by Gasteiger charge is 2.34. The Kier molecular flexibility index (Phi) is 4.54. The number of nitrogens with zero attached hydrogens (tertiary/aromatic N) is 4. The molecule has 1 aromatic rings. The normalized spacial score (nSPS) is 25.5. The van der Waals surface area contributed by atoms with Crippen LogP contribution in [-0.4, -0.2) is 66.1 Å². The number of hydrogen-bond donors (Lipinski definition) is 0. The zero-order chi connectivity index (χ0) is 15.6. The summed E-state index contributed by atoms with van der Waals surface area (Å²) in [6, 6.07) is 6.00. The zero-order valence-electron chi connectivity index (χ0n) is 14.5. The highest BCUT2D eigenvalue weighted by Crippen LogP contribution is 2.27. The van der Waals surface area contributed by atoms with Gasteiger partial charge in [-0.2, -0.15) is 0 Å². The number of anilines is 1. The average molecular weight is 314 g/mol. The molecule has 0 radical (unpaired) electrons. The van der Waals surface area contributed by atoms with Crippen molar-refractivity contribution in [3.8, 4) is 0 Å². The number of pyridine rings is 1. The molecule has 1 aliphatic carbocycles. The maximum Gasteiger partial charge on any atom is 0.0447 e. The Hall–Kier alpha value is -1.13. The first-order valence-electron chi connectivity index (χ1n) is 9.45. The second-order valence-corrected chi connectivity index (χ2v) is 7.58.